The summed E-state index contributed by atoms with van der Waals surface area (Å²) in [5, 5.41) is 13.2. The molecule has 13 heavy (non-hydrogen) atoms. The molecule has 0 aliphatic heterocycles. The van der Waals surface area contributed by atoms with Gasteiger partial charge in [-0.3, -0.25) is 0 Å². The summed E-state index contributed by atoms with van der Waals surface area (Å²) in [6, 6.07) is 5.13. The van der Waals surface area contributed by atoms with E-state index in [-0.39, 0.29) is 5.75 Å². The van der Waals surface area contributed by atoms with E-state index >= 15 is 0 Å². The number of aromatic hydroxyl groups is 1. The Hall–Kier alpha value is -1.84. The van der Waals surface area contributed by atoms with Crippen LogP contribution in [0.25, 0.3) is 5.69 Å². The number of phenolic OH excluding ortho intramolecular Hbond substituents is 1. The highest BCUT2D eigenvalue weighted by Crippen LogP contribution is 2.17. The Morgan fingerprint density at radius 3 is 2.85 bits per heavy atom. The van der Waals surface area contributed by atoms with Gasteiger partial charge in [0.1, 0.15) is 18.4 Å². The second kappa shape index (κ2) is 2.90. The number of rotatable bonds is 1. The van der Waals surface area contributed by atoms with Gasteiger partial charge in [-0.15, -0.1) is 0 Å². The standard InChI is InChI=1S/C9H9N3O/c1-7-4-8(13)2-3-9(7)12-6-10-5-11-12/h2-6,13H,1H3. The second-order valence-corrected chi connectivity index (χ2v) is 2.81. The van der Waals surface area contributed by atoms with E-state index in [0.717, 1.165) is 11.3 Å². The molecule has 0 amide bonds. The molecule has 4 heteroatoms. The Labute approximate surface area is 75.5 Å². The number of aromatic nitrogens is 3. The lowest BCUT2D eigenvalue weighted by atomic mass is 10.2. The first-order chi connectivity index (χ1) is 6.27. The Bertz CT molecular complexity index is 409. The molecule has 0 fully saturated rings. The molecule has 0 bridgehead atoms. The Morgan fingerprint density at radius 1 is 1.38 bits per heavy atom. The number of hydrogen-bond donors (Lipinski definition) is 1. The van der Waals surface area contributed by atoms with E-state index in [4.69, 9.17) is 0 Å². The van der Waals surface area contributed by atoms with Gasteiger partial charge in [-0.25, -0.2) is 9.67 Å². The van der Waals surface area contributed by atoms with E-state index in [1.54, 1.807) is 29.2 Å². The summed E-state index contributed by atoms with van der Waals surface area (Å²) in [5.41, 5.74) is 1.89. The van der Waals surface area contributed by atoms with Crippen molar-refractivity contribution in [3.05, 3.63) is 36.4 Å². The SMILES string of the molecule is Cc1cc(O)ccc1-n1cncn1. The van der Waals surface area contributed by atoms with Crippen LogP contribution in [0, 0.1) is 6.92 Å². The van der Waals surface area contributed by atoms with Gasteiger partial charge in [0.25, 0.3) is 0 Å². The van der Waals surface area contributed by atoms with E-state index in [9.17, 15) is 5.11 Å². The molecule has 2 rings (SSSR count). The first kappa shape index (κ1) is 7.79. The molecule has 0 atom stereocenters. The maximum absolute atomic E-state index is 9.19. The van der Waals surface area contributed by atoms with Gasteiger partial charge in [-0.1, -0.05) is 0 Å². The molecule has 2 aromatic rings. The minimum Gasteiger partial charge on any atom is -0.508 e. The fourth-order valence-corrected chi connectivity index (χ4v) is 1.23. The monoisotopic (exact) mass is 175 g/mol. The van der Waals surface area contributed by atoms with E-state index < -0.39 is 0 Å². The van der Waals surface area contributed by atoms with Gasteiger partial charge in [0.05, 0.1) is 5.69 Å². The molecule has 0 saturated heterocycles. The predicted molar refractivity (Wildman–Crippen MR) is 47.8 cm³/mol. The summed E-state index contributed by atoms with van der Waals surface area (Å²) in [6.45, 7) is 1.91. The van der Waals surface area contributed by atoms with Crippen LogP contribution in [0.5, 0.6) is 5.75 Å². The molecule has 0 aliphatic carbocycles. The van der Waals surface area contributed by atoms with Crippen LogP contribution in [0.3, 0.4) is 0 Å². The van der Waals surface area contributed by atoms with E-state index in [0.29, 0.717) is 0 Å². The summed E-state index contributed by atoms with van der Waals surface area (Å²) in [7, 11) is 0. The predicted octanol–water partition coefficient (Wildman–Crippen LogP) is 1.28. The summed E-state index contributed by atoms with van der Waals surface area (Å²) in [4.78, 5) is 3.85. The molecule has 0 unspecified atom stereocenters. The van der Waals surface area contributed by atoms with Crippen LogP contribution >= 0.6 is 0 Å². The summed E-state index contributed by atoms with van der Waals surface area (Å²) in [5.74, 6) is 0.265. The topological polar surface area (TPSA) is 50.9 Å². The molecule has 1 aromatic carbocycles. The summed E-state index contributed by atoms with van der Waals surface area (Å²) in [6.07, 6.45) is 3.10. The number of benzene rings is 1. The van der Waals surface area contributed by atoms with Crippen LogP contribution < -0.4 is 0 Å². The van der Waals surface area contributed by atoms with Gasteiger partial charge in [0.2, 0.25) is 0 Å². The average Bonchev–Trinajstić information content (AvgIpc) is 2.56. The van der Waals surface area contributed by atoms with Crippen molar-refractivity contribution in [1.82, 2.24) is 14.8 Å². The molecule has 66 valence electrons. The van der Waals surface area contributed by atoms with Crippen LogP contribution in [0.4, 0.5) is 0 Å². The van der Waals surface area contributed by atoms with Crippen LogP contribution in [0.2, 0.25) is 0 Å². The van der Waals surface area contributed by atoms with E-state index in [1.165, 1.54) is 6.33 Å². The molecule has 0 radical (unpaired) electrons. The van der Waals surface area contributed by atoms with Gasteiger partial charge in [0.15, 0.2) is 0 Å². The van der Waals surface area contributed by atoms with Gasteiger partial charge in [-0.05, 0) is 30.7 Å². The summed E-state index contributed by atoms with van der Waals surface area (Å²) >= 11 is 0. The number of aryl methyl sites for hydroxylation is 1. The fraction of sp³-hybridized carbons (Fsp3) is 0.111. The quantitative estimate of drug-likeness (QED) is 0.710. The van der Waals surface area contributed by atoms with Gasteiger partial charge in [0, 0.05) is 0 Å². The highest BCUT2D eigenvalue weighted by molar-refractivity contribution is 5.43. The Morgan fingerprint density at radius 2 is 2.23 bits per heavy atom. The largest absolute Gasteiger partial charge is 0.508 e. The molecule has 4 nitrogen and oxygen atoms in total. The van der Waals surface area contributed by atoms with E-state index in [1.807, 2.05) is 6.92 Å². The third-order valence-electron chi connectivity index (χ3n) is 1.85. The van der Waals surface area contributed by atoms with Gasteiger partial charge in [-0.2, -0.15) is 5.10 Å². The number of nitrogens with zero attached hydrogens (tertiary/aromatic N) is 3. The van der Waals surface area contributed by atoms with Crippen molar-refractivity contribution in [2.45, 2.75) is 6.92 Å². The lowest BCUT2D eigenvalue weighted by molar-refractivity contribution is 0.474. The molecule has 0 spiro atoms. The molecule has 0 aliphatic rings. The summed E-state index contributed by atoms with van der Waals surface area (Å²) < 4.78 is 1.66. The van der Waals surface area contributed by atoms with Crippen LogP contribution in [-0.4, -0.2) is 19.9 Å². The Kier molecular flexibility index (Phi) is 1.73. The first-order valence-electron chi connectivity index (χ1n) is 3.92. The van der Waals surface area contributed by atoms with Gasteiger partial charge >= 0.3 is 0 Å². The maximum atomic E-state index is 9.19. The lowest BCUT2D eigenvalue weighted by Gasteiger charge is -2.04. The number of phenols is 1. The fourth-order valence-electron chi connectivity index (χ4n) is 1.23. The minimum absolute atomic E-state index is 0.265. The second-order valence-electron chi connectivity index (χ2n) is 2.81. The van der Waals surface area contributed by atoms with Crippen molar-refractivity contribution in [3.63, 3.8) is 0 Å². The lowest BCUT2D eigenvalue weighted by Crippen LogP contribution is -1.96. The third-order valence-corrected chi connectivity index (χ3v) is 1.85. The van der Waals surface area contributed by atoms with Crippen LogP contribution in [0.1, 0.15) is 5.56 Å². The highest BCUT2D eigenvalue weighted by atomic mass is 16.3. The van der Waals surface area contributed by atoms with Crippen molar-refractivity contribution < 1.29 is 5.11 Å². The van der Waals surface area contributed by atoms with E-state index in [2.05, 4.69) is 10.1 Å². The molecule has 1 aromatic heterocycles. The molecular formula is C9H9N3O. The van der Waals surface area contributed by atoms with Crippen molar-refractivity contribution in [2.24, 2.45) is 0 Å². The van der Waals surface area contributed by atoms with Crippen molar-refractivity contribution in [2.75, 3.05) is 0 Å². The number of hydrogen-bond acceptors (Lipinski definition) is 3. The normalized spacial score (nSPS) is 10.2. The third kappa shape index (κ3) is 1.38. The molecular weight excluding hydrogens is 166 g/mol. The molecule has 0 saturated carbocycles. The smallest absolute Gasteiger partial charge is 0.138 e. The maximum Gasteiger partial charge on any atom is 0.138 e. The zero-order valence-corrected chi connectivity index (χ0v) is 7.18. The Balaban J connectivity index is 2.53. The highest BCUT2D eigenvalue weighted by Gasteiger charge is 2.01. The minimum atomic E-state index is 0.265. The zero-order chi connectivity index (χ0) is 9.26. The molecule has 1 N–H and O–H groups in total. The van der Waals surface area contributed by atoms with Crippen LogP contribution in [0.15, 0.2) is 30.9 Å². The van der Waals surface area contributed by atoms with Crippen molar-refractivity contribution in [3.8, 4) is 11.4 Å². The van der Waals surface area contributed by atoms with Crippen molar-refractivity contribution in [1.29, 1.82) is 0 Å². The van der Waals surface area contributed by atoms with Crippen molar-refractivity contribution >= 4 is 0 Å². The van der Waals surface area contributed by atoms with Gasteiger partial charge < -0.3 is 5.11 Å². The average molecular weight is 175 g/mol. The van der Waals surface area contributed by atoms with Crippen LogP contribution in [-0.2, 0) is 0 Å². The molecule has 1 heterocycles. The first-order valence-corrected chi connectivity index (χ1v) is 3.92. The zero-order valence-electron chi connectivity index (χ0n) is 7.18.